The zero-order valence-corrected chi connectivity index (χ0v) is 32.7. The van der Waals surface area contributed by atoms with Crippen LogP contribution in [0.25, 0.3) is 0 Å². The van der Waals surface area contributed by atoms with Gasteiger partial charge in [-0.2, -0.15) is 5.26 Å². The Morgan fingerprint density at radius 2 is 1.54 bits per heavy atom. The normalized spacial score (nSPS) is 24.2. The molecule has 0 aromatic heterocycles. The fraction of sp³-hybridized carbons (Fsp3) is 0.442. The predicted molar refractivity (Wildman–Crippen MR) is 208 cm³/mol. The summed E-state index contributed by atoms with van der Waals surface area (Å²) in [6, 6.07) is 17.5. The Morgan fingerprint density at radius 1 is 0.911 bits per heavy atom. The summed E-state index contributed by atoms with van der Waals surface area (Å²) in [5.41, 5.74) is 4.09. The highest BCUT2D eigenvalue weighted by atomic mass is 35.5. The number of piperidine rings is 2. The molecule has 3 aromatic carbocycles. The number of ether oxygens (including phenoxy) is 1. The first-order valence-corrected chi connectivity index (χ1v) is 19.7. The molecule has 5 aliphatic rings. The predicted octanol–water partition coefficient (Wildman–Crippen LogP) is 5.46. The van der Waals surface area contributed by atoms with Crippen LogP contribution in [0, 0.1) is 28.1 Å². The lowest BCUT2D eigenvalue weighted by Crippen LogP contribution is -2.74. The minimum atomic E-state index is -0.966. The van der Waals surface area contributed by atoms with E-state index in [0.29, 0.717) is 52.0 Å². The van der Waals surface area contributed by atoms with Crippen molar-refractivity contribution in [3.05, 3.63) is 93.0 Å². The Morgan fingerprint density at radius 3 is 2.11 bits per heavy atom. The van der Waals surface area contributed by atoms with E-state index in [4.69, 9.17) is 16.3 Å². The lowest BCUT2D eigenvalue weighted by Gasteiger charge is -2.63. The standard InChI is InChI=1S/C43H45ClN6O6/c1-42(2)40(43(3,4)41(42)56-30-10-7-26(20-45)33(44)19-30)47-36(52)25-5-8-29(9-6-25)49-15-13-24(14-16-49)21-48-22-27-17-31-32(18-28(27)23-48)39(55)50(38(31)54)34-11-12-35(51)46-37(34)53/h5-10,17-19,24,34,40-41H,11-16,21-23H2,1-4H3,(H,47,52)(H,46,51,53). The first-order valence-electron chi connectivity index (χ1n) is 19.3. The van der Waals surface area contributed by atoms with Gasteiger partial charge >= 0.3 is 0 Å². The van der Waals surface area contributed by atoms with Crippen molar-refractivity contribution in [1.82, 2.24) is 20.4 Å². The number of carbonyl (C=O) groups is 5. The maximum atomic E-state index is 13.5. The van der Waals surface area contributed by atoms with E-state index in [1.165, 1.54) is 0 Å². The van der Waals surface area contributed by atoms with Gasteiger partial charge in [0.05, 0.1) is 21.7 Å². The van der Waals surface area contributed by atoms with Gasteiger partial charge in [-0.05, 0) is 84.8 Å². The van der Waals surface area contributed by atoms with Crippen LogP contribution in [0.15, 0.2) is 54.6 Å². The number of benzene rings is 3. The van der Waals surface area contributed by atoms with Crippen molar-refractivity contribution in [2.45, 2.75) is 84.7 Å². The number of nitriles is 1. The summed E-state index contributed by atoms with van der Waals surface area (Å²) in [4.78, 5) is 69.9. The van der Waals surface area contributed by atoms with Crippen LogP contribution in [-0.4, -0.2) is 77.2 Å². The van der Waals surface area contributed by atoms with Crippen molar-refractivity contribution in [3.8, 4) is 11.8 Å². The van der Waals surface area contributed by atoms with Gasteiger partial charge in [0.2, 0.25) is 11.8 Å². The van der Waals surface area contributed by atoms with Gasteiger partial charge in [0.15, 0.2) is 0 Å². The fourth-order valence-corrected chi connectivity index (χ4v) is 10.2. The number of hydrogen-bond acceptors (Lipinski definition) is 9. The molecule has 1 atom stereocenters. The molecule has 1 saturated carbocycles. The molecule has 2 N–H and O–H groups in total. The molecule has 56 heavy (non-hydrogen) atoms. The van der Waals surface area contributed by atoms with Crippen molar-refractivity contribution < 1.29 is 28.7 Å². The Hall–Kier alpha value is -5.25. The van der Waals surface area contributed by atoms with Crippen LogP contribution in [0.4, 0.5) is 5.69 Å². The quantitative estimate of drug-likeness (QED) is 0.285. The number of amides is 5. The third kappa shape index (κ3) is 6.50. The van der Waals surface area contributed by atoms with E-state index in [0.717, 1.165) is 54.2 Å². The smallest absolute Gasteiger partial charge is 0.262 e. The zero-order valence-electron chi connectivity index (χ0n) is 32.0. The van der Waals surface area contributed by atoms with Gasteiger partial charge < -0.3 is 15.0 Å². The first kappa shape index (κ1) is 37.7. The van der Waals surface area contributed by atoms with Crippen molar-refractivity contribution in [1.29, 1.82) is 5.26 Å². The second kappa shape index (κ2) is 14.0. The molecule has 13 heteroatoms. The second-order valence-electron chi connectivity index (χ2n) is 17.1. The summed E-state index contributed by atoms with van der Waals surface area (Å²) in [5.74, 6) is -0.974. The maximum absolute atomic E-state index is 13.5. The molecule has 3 fully saturated rings. The Balaban J connectivity index is 0.822. The number of hydrogen-bond donors (Lipinski definition) is 2. The Kier molecular flexibility index (Phi) is 9.45. The molecule has 4 aliphatic heterocycles. The van der Waals surface area contributed by atoms with Crippen LogP contribution in [0.2, 0.25) is 5.02 Å². The molecule has 5 amide bonds. The number of anilines is 1. The average Bonchev–Trinajstić information content (AvgIpc) is 3.67. The van der Waals surface area contributed by atoms with Crippen molar-refractivity contribution >= 4 is 46.8 Å². The van der Waals surface area contributed by atoms with E-state index in [-0.39, 0.29) is 41.7 Å². The minimum absolute atomic E-state index is 0.0937. The van der Waals surface area contributed by atoms with Crippen LogP contribution in [-0.2, 0) is 22.7 Å². The second-order valence-corrected chi connectivity index (χ2v) is 17.5. The minimum Gasteiger partial charge on any atom is -0.489 e. The molecule has 0 spiro atoms. The molecule has 290 valence electrons. The highest BCUT2D eigenvalue weighted by Gasteiger charge is 2.64. The molecule has 1 aliphatic carbocycles. The topological polar surface area (TPSA) is 152 Å². The third-order valence-corrected chi connectivity index (χ3v) is 12.9. The fourth-order valence-electron chi connectivity index (χ4n) is 9.94. The van der Waals surface area contributed by atoms with Crippen LogP contribution in [0.1, 0.15) is 101 Å². The number of fused-ring (bicyclic) bond motifs is 2. The third-order valence-electron chi connectivity index (χ3n) is 12.6. The molecule has 8 rings (SSSR count). The summed E-state index contributed by atoms with van der Waals surface area (Å²) in [6.07, 6.45) is 2.09. The highest BCUT2D eigenvalue weighted by Crippen LogP contribution is 2.55. The molecule has 3 aromatic rings. The van der Waals surface area contributed by atoms with E-state index in [9.17, 15) is 29.2 Å². The largest absolute Gasteiger partial charge is 0.489 e. The van der Waals surface area contributed by atoms with Crippen LogP contribution >= 0.6 is 11.6 Å². The summed E-state index contributed by atoms with van der Waals surface area (Å²) >= 11 is 6.25. The van der Waals surface area contributed by atoms with Crippen LogP contribution in [0.3, 0.4) is 0 Å². The van der Waals surface area contributed by atoms with E-state index >= 15 is 0 Å². The number of nitrogens with zero attached hydrogens (tertiary/aromatic N) is 4. The van der Waals surface area contributed by atoms with Gasteiger partial charge in [0.1, 0.15) is 24.0 Å². The lowest BCUT2D eigenvalue weighted by atomic mass is 9.49. The van der Waals surface area contributed by atoms with Crippen molar-refractivity contribution in [3.63, 3.8) is 0 Å². The molecule has 2 saturated heterocycles. The Bertz CT molecular complexity index is 2140. The first-order chi connectivity index (χ1) is 26.6. The SMILES string of the molecule is CC1(C)C(NC(=O)c2ccc(N3CCC(CN4Cc5cc6c(cc5C4)C(=O)N(C4CCC(=O)NC4=O)C6=O)CC3)cc2)C(C)(C)C1Oc1ccc(C#N)c(Cl)c1. The van der Waals surface area contributed by atoms with E-state index in [2.05, 4.69) is 54.2 Å². The molecule has 0 bridgehead atoms. The number of carbonyl (C=O) groups excluding carboxylic acids is 5. The van der Waals surface area contributed by atoms with Crippen molar-refractivity contribution in [2.75, 3.05) is 24.5 Å². The molecule has 4 heterocycles. The van der Waals surface area contributed by atoms with E-state index in [1.807, 2.05) is 36.4 Å². The highest BCUT2D eigenvalue weighted by molar-refractivity contribution is 6.31. The summed E-state index contributed by atoms with van der Waals surface area (Å²) in [6.45, 7) is 12.5. The van der Waals surface area contributed by atoms with Gasteiger partial charge in [0.25, 0.3) is 17.7 Å². The summed E-state index contributed by atoms with van der Waals surface area (Å²) < 4.78 is 6.37. The number of rotatable bonds is 8. The number of imide groups is 2. The summed E-state index contributed by atoms with van der Waals surface area (Å²) in [5, 5.41) is 15.1. The van der Waals surface area contributed by atoms with Gasteiger partial charge in [-0.15, -0.1) is 0 Å². The van der Waals surface area contributed by atoms with Gasteiger partial charge in [-0.1, -0.05) is 39.3 Å². The van der Waals surface area contributed by atoms with Crippen molar-refractivity contribution in [2.24, 2.45) is 16.7 Å². The van der Waals surface area contributed by atoms with E-state index in [1.54, 1.807) is 18.2 Å². The number of nitrogens with one attached hydrogen (secondary N) is 2. The molecular weight excluding hydrogens is 732 g/mol. The Labute approximate surface area is 331 Å². The summed E-state index contributed by atoms with van der Waals surface area (Å²) in [7, 11) is 0. The van der Waals surface area contributed by atoms with Gasteiger partial charge in [0, 0.05) is 73.3 Å². The molecular formula is C43H45ClN6O6. The van der Waals surface area contributed by atoms with Crippen LogP contribution in [0.5, 0.6) is 5.75 Å². The monoisotopic (exact) mass is 776 g/mol. The number of halogens is 1. The van der Waals surface area contributed by atoms with E-state index < -0.39 is 29.7 Å². The van der Waals surface area contributed by atoms with Crippen LogP contribution < -0.4 is 20.3 Å². The zero-order chi connectivity index (χ0) is 39.7. The van der Waals surface area contributed by atoms with Gasteiger partial charge in [-0.25, -0.2) is 0 Å². The molecule has 12 nitrogen and oxygen atoms in total. The lowest BCUT2D eigenvalue weighted by molar-refractivity contribution is -0.164. The molecule has 1 unspecified atom stereocenters. The maximum Gasteiger partial charge on any atom is 0.262 e. The van der Waals surface area contributed by atoms with Gasteiger partial charge in [-0.3, -0.25) is 39.1 Å². The molecule has 0 radical (unpaired) electrons. The average molecular weight is 777 g/mol.